The van der Waals surface area contributed by atoms with Gasteiger partial charge in [-0.3, -0.25) is 4.79 Å². The van der Waals surface area contributed by atoms with Crippen LogP contribution in [0.25, 0.3) is 6.08 Å². The second-order valence-electron chi connectivity index (χ2n) is 8.07. The number of halogens is 1. The first-order valence-electron chi connectivity index (χ1n) is 10.3. The first-order valence-corrected chi connectivity index (χ1v) is 10.7. The lowest BCUT2D eigenvalue weighted by Crippen LogP contribution is -2.44. The van der Waals surface area contributed by atoms with Crippen LogP contribution < -0.4 is 4.90 Å². The number of para-hydroxylation sites is 1. The number of Topliss-reactive ketones (excluding diaryl/α,β-unsaturated/α-hetero) is 1. The van der Waals surface area contributed by atoms with Crippen LogP contribution in [0.3, 0.4) is 0 Å². The van der Waals surface area contributed by atoms with E-state index in [1.807, 2.05) is 71.6 Å². The molecule has 1 fully saturated rings. The quantitative estimate of drug-likeness (QED) is 0.500. The van der Waals surface area contributed by atoms with Crippen LogP contribution in [0.15, 0.2) is 84.9 Å². The molecule has 2 aliphatic rings. The zero-order valence-electron chi connectivity index (χ0n) is 17.0. The SMILES string of the molecule is N#CC1(C#N)[C@@H](c2ccc(Cl)cc2)[C@@H](C(=O)c2ccccc2)N2c3ccccc3C=C[C@@H]21. The van der Waals surface area contributed by atoms with Crippen molar-refractivity contribution in [3.8, 4) is 12.1 Å². The van der Waals surface area contributed by atoms with Crippen LogP contribution in [0.5, 0.6) is 0 Å². The monoisotopic (exact) mass is 435 g/mol. The highest BCUT2D eigenvalue weighted by Gasteiger charge is 2.63. The van der Waals surface area contributed by atoms with Gasteiger partial charge in [-0.15, -0.1) is 0 Å². The Morgan fingerprint density at radius 3 is 2.25 bits per heavy atom. The average Bonchev–Trinajstić information content (AvgIpc) is 3.15. The third-order valence-corrected chi connectivity index (χ3v) is 6.72. The van der Waals surface area contributed by atoms with Crippen molar-refractivity contribution < 1.29 is 4.79 Å². The second kappa shape index (κ2) is 7.68. The van der Waals surface area contributed by atoms with Gasteiger partial charge in [0.1, 0.15) is 6.04 Å². The predicted molar refractivity (Wildman–Crippen MR) is 124 cm³/mol. The Kier molecular flexibility index (Phi) is 4.82. The third-order valence-electron chi connectivity index (χ3n) is 6.47. The molecule has 3 atom stereocenters. The molecule has 32 heavy (non-hydrogen) atoms. The fraction of sp³-hybridized carbons (Fsp3) is 0.148. The van der Waals surface area contributed by atoms with Gasteiger partial charge in [-0.2, -0.15) is 10.5 Å². The molecule has 2 heterocycles. The number of anilines is 1. The molecule has 0 N–H and O–H groups in total. The summed E-state index contributed by atoms with van der Waals surface area (Å²) in [5.74, 6) is -0.781. The van der Waals surface area contributed by atoms with Gasteiger partial charge >= 0.3 is 0 Å². The average molecular weight is 436 g/mol. The molecule has 2 aliphatic heterocycles. The van der Waals surface area contributed by atoms with Gasteiger partial charge in [0.25, 0.3) is 0 Å². The highest BCUT2D eigenvalue weighted by Crippen LogP contribution is 2.55. The van der Waals surface area contributed by atoms with Crippen LogP contribution in [-0.4, -0.2) is 17.9 Å². The van der Waals surface area contributed by atoms with E-state index in [9.17, 15) is 15.3 Å². The number of nitriles is 2. The van der Waals surface area contributed by atoms with Crippen LogP contribution in [0.1, 0.15) is 27.4 Å². The Hall–Kier alpha value is -3.86. The van der Waals surface area contributed by atoms with E-state index < -0.39 is 23.4 Å². The van der Waals surface area contributed by atoms with Gasteiger partial charge in [0.05, 0.1) is 18.2 Å². The largest absolute Gasteiger partial charge is 0.351 e. The number of nitrogens with zero attached hydrogens (tertiary/aromatic N) is 3. The van der Waals surface area contributed by atoms with Gasteiger partial charge in [0.15, 0.2) is 11.2 Å². The number of ketones is 1. The smallest absolute Gasteiger partial charge is 0.185 e. The molecule has 0 saturated carbocycles. The van der Waals surface area contributed by atoms with E-state index in [1.165, 1.54) is 0 Å². The normalized spacial score (nSPS) is 22.3. The van der Waals surface area contributed by atoms with Gasteiger partial charge in [-0.05, 0) is 29.3 Å². The molecule has 1 saturated heterocycles. The van der Waals surface area contributed by atoms with Crippen molar-refractivity contribution in [2.45, 2.75) is 18.0 Å². The molecule has 5 heteroatoms. The highest BCUT2D eigenvalue weighted by molar-refractivity contribution is 6.30. The lowest BCUT2D eigenvalue weighted by atomic mass is 9.69. The summed E-state index contributed by atoms with van der Waals surface area (Å²) < 4.78 is 0. The fourth-order valence-electron chi connectivity index (χ4n) is 5.05. The molecule has 0 unspecified atom stereocenters. The number of carbonyl (C=O) groups excluding carboxylic acids is 1. The second-order valence-corrected chi connectivity index (χ2v) is 8.50. The lowest BCUT2D eigenvalue weighted by Gasteiger charge is -2.35. The first kappa shape index (κ1) is 20.1. The van der Waals surface area contributed by atoms with E-state index in [0.29, 0.717) is 10.6 Å². The predicted octanol–water partition coefficient (Wildman–Crippen LogP) is 5.62. The number of hydrogen-bond acceptors (Lipinski definition) is 4. The molecule has 154 valence electrons. The van der Waals surface area contributed by atoms with Crippen molar-refractivity contribution in [2.24, 2.45) is 5.41 Å². The minimum absolute atomic E-state index is 0.118. The summed E-state index contributed by atoms with van der Waals surface area (Å²) in [5, 5.41) is 21.3. The summed E-state index contributed by atoms with van der Waals surface area (Å²) in [6, 6.07) is 27.3. The van der Waals surface area contributed by atoms with E-state index >= 15 is 0 Å². The van der Waals surface area contributed by atoms with Crippen LogP contribution >= 0.6 is 11.6 Å². The number of rotatable bonds is 3. The number of fused-ring (bicyclic) bond motifs is 3. The molecule has 3 aromatic carbocycles. The summed E-state index contributed by atoms with van der Waals surface area (Å²) in [6.07, 6.45) is 3.82. The van der Waals surface area contributed by atoms with Crippen molar-refractivity contribution in [3.05, 3.63) is 107 Å². The standard InChI is InChI=1S/C27H18ClN3O/c28-21-13-10-19(11-14-21)24-25(26(32)20-7-2-1-3-8-20)31-22-9-5-4-6-18(22)12-15-23(31)27(24,16-29)17-30/h1-15,23-25H/t23-,24+,25+/m1/s1. The van der Waals surface area contributed by atoms with E-state index in [2.05, 4.69) is 12.1 Å². The van der Waals surface area contributed by atoms with E-state index in [4.69, 9.17) is 11.6 Å². The van der Waals surface area contributed by atoms with Crippen molar-refractivity contribution >= 4 is 29.1 Å². The van der Waals surface area contributed by atoms with E-state index in [1.54, 1.807) is 24.3 Å². The van der Waals surface area contributed by atoms with Gasteiger partial charge in [0, 0.05) is 22.2 Å². The lowest BCUT2D eigenvalue weighted by molar-refractivity contribution is 0.0951. The molecule has 0 aliphatic carbocycles. The molecular formula is C27H18ClN3O. The third kappa shape index (κ3) is 2.85. The maximum atomic E-state index is 14.0. The summed E-state index contributed by atoms with van der Waals surface area (Å²) in [5.41, 5.74) is 1.64. The highest BCUT2D eigenvalue weighted by atomic mass is 35.5. The summed E-state index contributed by atoms with van der Waals surface area (Å²) in [6.45, 7) is 0. The van der Waals surface area contributed by atoms with Crippen LogP contribution in [0, 0.1) is 28.1 Å². The Morgan fingerprint density at radius 1 is 0.906 bits per heavy atom. The molecule has 4 nitrogen and oxygen atoms in total. The minimum Gasteiger partial charge on any atom is -0.351 e. The maximum absolute atomic E-state index is 14.0. The molecule has 0 amide bonds. The first-order chi connectivity index (χ1) is 15.6. The zero-order chi connectivity index (χ0) is 22.3. The molecule has 0 radical (unpaired) electrons. The van der Waals surface area contributed by atoms with E-state index in [-0.39, 0.29) is 5.78 Å². The van der Waals surface area contributed by atoms with E-state index in [0.717, 1.165) is 16.8 Å². The van der Waals surface area contributed by atoms with Gasteiger partial charge in [-0.25, -0.2) is 0 Å². The molecule has 0 spiro atoms. The zero-order valence-corrected chi connectivity index (χ0v) is 17.8. The van der Waals surface area contributed by atoms with Gasteiger partial charge in [-0.1, -0.05) is 84.4 Å². The molecular weight excluding hydrogens is 418 g/mol. The van der Waals surface area contributed by atoms with Crippen molar-refractivity contribution in [2.75, 3.05) is 4.90 Å². The van der Waals surface area contributed by atoms with Crippen molar-refractivity contribution in [1.82, 2.24) is 0 Å². The fourth-order valence-corrected chi connectivity index (χ4v) is 5.18. The van der Waals surface area contributed by atoms with Crippen LogP contribution in [0.2, 0.25) is 5.02 Å². The number of hydrogen-bond donors (Lipinski definition) is 0. The molecule has 0 bridgehead atoms. The number of carbonyl (C=O) groups is 1. The summed E-state index contributed by atoms with van der Waals surface area (Å²) in [7, 11) is 0. The Morgan fingerprint density at radius 2 is 1.56 bits per heavy atom. The minimum atomic E-state index is -1.45. The summed E-state index contributed by atoms with van der Waals surface area (Å²) in [4.78, 5) is 15.9. The molecule has 5 rings (SSSR count). The van der Waals surface area contributed by atoms with Crippen molar-refractivity contribution in [1.29, 1.82) is 10.5 Å². The molecule has 0 aromatic heterocycles. The summed E-state index contributed by atoms with van der Waals surface area (Å²) >= 11 is 6.12. The molecule has 3 aromatic rings. The number of benzene rings is 3. The van der Waals surface area contributed by atoms with Crippen molar-refractivity contribution in [3.63, 3.8) is 0 Å². The Bertz CT molecular complexity index is 1290. The Labute approximate surface area is 191 Å². The van der Waals surface area contributed by atoms with Gasteiger partial charge in [0.2, 0.25) is 0 Å². The van der Waals surface area contributed by atoms with Gasteiger partial charge < -0.3 is 4.90 Å². The Balaban J connectivity index is 1.79. The topological polar surface area (TPSA) is 67.9 Å². The van der Waals surface area contributed by atoms with Crippen LogP contribution in [-0.2, 0) is 0 Å². The maximum Gasteiger partial charge on any atom is 0.185 e. The van der Waals surface area contributed by atoms with Crippen LogP contribution in [0.4, 0.5) is 5.69 Å².